The van der Waals surface area contributed by atoms with Crippen LogP contribution < -0.4 is 0 Å². The van der Waals surface area contributed by atoms with E-state index in [0.29, 0.717) is 11.3 Å². The summed E-state index contributed by atoms with van der Waals surface area (Å²) in [6.07, 6.45) is 0. The molecule has 1 heterocycles. The van der Waals surface area contributed by atoms with Crippen molar-refractivity contribution in [2.45, 2.75) is 0 Å². The largest absolute Gasteiger partial charge is 0.236 e. The predicted octanol–water partition coefficient (Wildman–Crippen LogP) is 5.52. The Morgan fingerprint density at radius 2 is 1.70 bits per heavy atom. The zero-order chi connectivity index (χ0) is 14.1. The van der Waals surface area contributed by atoms with Gasteiger partial charge in [0.05, 0.1) is 5.69 Å². The van der Waals surface area contributed by atoms with E-state index >= 15 is 0 Å². The highest BCUT2D eigenvalue weighted by atomic mass is 79.9. The minimum absolute atomic E-state index is 0.444. The molecule has 0 aliphatic rings. The second-order valence-electron chi connectivity index (χ2n) is 4.21. The molecule has 5 heteroatoms. The summed E-state index contributed by atoms with van der Waals surface area (Å²) in [6.45, 7) is 0. The van der Waals surface area contributed by atoms with Gasteiger partial charge in [-0.15, -0.1) is 11.3 Å². The Bertz CT molecular complexity index is 750. The number of nitrogens with zero attached hydrogens (tertiary/aromatic N) is 1. The van der Waals surface area contributed by atoms with E-state index in [-0.39, 0.29) is 0 Å². The fraction of sp³-hybridized carbons (Fsp3) is 0. The van der Waals surface area contributed by atoms with Crippen LogP contribution in [0.3, 0.4) is 0 Å². The topological polar surface area (TPSA) is 12.9 Å². The Labute approximate surface area is 127 Å². The lowest BCUT2D eigenvalue weighted by Gasteiger charge is -1.99. The number of rotatable bonds is 2. The Kier molecular flexibility index (Phi) is 3.63. The first-order chi connectivity index (χ1) is 9.61. The zero-order valence-electron chi connectivity index (χ0n) is 10.1. The molecule has 0 atom stereocenters. The van der Waals surface area contributed by atoms with E-state index in [2.05, 4.69) is 20.9 Å². The van der Waals surface area contributed by atoms with Crippen molar-refractivity contribution in [1.82, 2.24) is 4.98 Å². The molecule has 0 aliphatic heterocycles. The van der Waals surface area contributed by atoms with Crippen molar-refractivity contribution in [2.24, 2.45) is 0 Å². The molecule has 0 saturated carbocycles. The molecular weight excluding hydrogens is 344 g/mol. The van der Waals surface area contributed by atoms with Gasteiger partial charge >= 0.3 is 0 Å². The van der Waals surface area contributed by atoms with Gasteiger partial charge in [-0.05, 0) is 24.3 Å². The lowest BCUT2D eigenvalue weighted by Crippen LogP contribution is -1.84. The first-order valence-corrected chi connectivity index (χ1v) is 7.47. The lowest BCUT2D eigenvalue weighted by atomic mass is 10.1. The van der Waals surface area contributed by atoms with Crippen LogP contribution in [0.2, 0.25) is 0 Å². The van der Waals surface area contributed by atoms with Gasteiger partial charge in [0.25, 0.3) is 0 Å². The summed E-state index contributed by atoms with van der Waals surface area (Å²) in [5.41, 5.74) is 1.98. The third kappa shape index (κ3) is 2.78. The van der Waals surface area contributed by atoms with Gasteiger partial charge in [-0.1, -0.05) is 28.1 Å². The summed E-state index contributed by atoms with van der Waals surface area (Å²) in [7, 11) is 0. The van der Waals surface area contributed by atoms with Crippen LogP contribution >= 0.6 is 27.3 Å². The van der Waals surface area contributed by atoms with Crippen LogP contribution in [0.5, 0.6) is 0 Å². The molecule has 20 heavy (non-hydrogen) atoms. The van der Waals surface area contributed by atoms with E-state index in [1.54, 1.807) is 5.38 Å². The molecule has 0 fully saturated rings. The number of benzene rings is 2. The van der Waals surface area contributed by atoms with Crippen LogP contribution in [0.25, 0.3) is 21.8 Å². The highest BCUT2D eigenvalue weighted by Crippen LogP contribution is 2.30. The monoisotopic (exact) mass is 351 g/mol. The maximum absolute atomic E-state index is 13.2. The minimum Gasteiger partial charge on any atom is -0.236 e. The van der Waals surface area contributed by atoms with Gasteiger partial charge in [0.1, 0.15) is 16.6 Å². The van der Waals surface area contributed by atoms with E-state index in [4.69, 9.17) is 0 Å². The van der Waals surface area contributed by atoms with E-state index in [0.717, 1.165) is 21.1 Å². The van der Waals surface area contributed by atoms with Crippen LogP contribution in [-0.4, -0.2) is 4.98 Å². The summed E-state index contributed by atoms with van der Waals surface area (Å²) >= 11 is 4.85. The maximum atomic E-state index is 13.2. The molecule has 0 unspecified atom stereocenters. The first-order valence-electron chi connectivity index (χ1n) is 5.80. The van der Waals surface area contributed by atoms with Gasteiger partial charge < -0.3 is 0 Å². The highest BCUT2D eigenvalue weighted by molar-refractivity contribution is 9.10. The summed E-state index contributed by atoms with van der Waals surface area (Å²) in [5, 5.41) is 2.61. The first kappa shape index (κ1) is 13.4. The maximum Gasteiger partial charge on any atom is 0.126 e. The molecule has 0 N–H and O–H groups in total. The normalized spacial score (nSPS) is 10.8. The van der Waals surface area contributed by atoms with E-state index < -0.39 is 11.6 Å². The number of aromatic nitrogens is 1. The SMILES string of the molecule is Fc1cc(F)cc(-c2csc(-c3cccc(Br)c3)n2)c1. The van der Waals surface area contributed by atoms with Crippen molar-refractivity contribution in [3.8, 4) is 21.8 Å². The third-order valence-electron chi connectivity index (χ3n) is 2.73. The molecule has 0 aliphatic carbocycles. The minimum atomic E-state index is -0.600. The number of halogens is 3. The Morgan fingerprint density at radius 3 is 2.40 bits per heavy atom. The van der Waals surface area contributed by atoms with Crippen LogP contribution in [0.15, 0.2) is 52.3 Å². The fourth-order valence-electron chi connectivity index (χ4n) is 1.86. The van der Waals surface area contributed by atoms with E-state index in [9.17, 15) is 8.78 Å². The second kappa shape index (κ2) is 5.42. The molecule has 0 saturated heterocycles. The van der Waals surface area contributed by atoms with Crippen molar-refractivity contribution in [3.63, 3.8) is 0 Å². The predicted molar refractivity (Wildman–Crippen MR) is 80.6 cm³/mol. The average molecular weight is 352 g/mol. The summed E-state index contributed by atoms with van der Waals surface area (Å²) in [6, 6.07) is 11.2. The van der Waals surface area contributed by atoms with Gasteiger partial charge in [-0.3, -0.25) is 0 Å². The smallest absolute Gasteiger partial charge is 0.126 e. The second-order valence-corrected chi connectivity index (χ2v) is 5.98. The molecule has 0 bridgehead atoms. The molecule has 1 aromatic heterocycles. The summed E-state index contributed by atoms with van der Waals surface area (Å²) in [4.78, 5) is 4.44. The van der Waals surface area contributed by atoms with Crippen molar-refractivity contribution >= 4 is 27.3 Å². The van der Waals surface area contributed by atoms with Crippen LogP contribution in [-0.2, 0) is 0 Å². The lowest BCUT2D eigenvalue weighted by molar-refractivity contribution is 0.584. The molecule has 100 valence electrons. The van der Waals surface area contributed by atoms with Gasteiger partial charge in [0.15, 0.2) is 0 Å². The number of hydrogen-bond acceptors (Lipinski definition) is 2. The fourth-order valence-corrected chi connectivity index (χ4v) is 3.09. The van der Waals surface area contributed by atoms with Crippen molar-refractivity contribution < 1.29 is 8.78 Å². The molecule has 0 spiro atoms. The molecule has 2 aromatic carbocycles. The highest BCUT2D eigenvalue weighted by Gasteiger charge is 2.09. The van der Waals surface area contributed by atoms with Crippen LogP contribution in [0.1, 0.15) is 0 Å². The van der Waals surface area contributed by atoms with Crippen LogP contribution in [0.4, 0.5) is 8.78 Å². The zero-order valence-corrected chi connectivity index (χ0v) is 12.5. The standard InChI is InChI=1S/C15H8BrF2NS/c16-11-3-1-2-9(4-11)15-19-14(8-20-15)10-5-12(17)7-13(18)6-10/h1-8H. The van der Waals surface area contributed by atoms with Crippen molar-refractivity contribution in [1.29, 1.82) is 0 Å². The number of hydrogen-bond donors (Lipinski definition) is 0. The number of thiazole rings is 1. The van der Waals surface area contributed by atoms with Crippen LogP contribution in [0, 0.1) is 11.6 Å². The van der Waals surface area contributed by atoms with E-state index in [1.807, 2.05) is 24.3 Å². The van der Waals surface area contributed by atoms with Gasteiger partial charge in [0.2, 0.25) is 0 Å². The van der Waals surface area contributed by atoms with Gasteiger partial charge in [0, 0.05) is 27.0 Å². The summed E-state index contributed by atoms with van der Waals surface area (Å²) in [5.74, 6) is -1.20. The molecule has 0 amide bonds. The molecule has 1 nitrogen and oxygen atoms in total. The Hall–Kier alpha value is -1.59. The summed E-state index contributed by atoms with van der Waals surface area (Å²) < 4.78 is 27.4. The third-order valence-corrected chi connectivity index (χ3v) is 4.12. The Balaban J connectivity index is 2.02. The van der Waals surface area contributed by atoms with Crippen molar-refractivity contribution in [3.05, 3.63) is 64.0 Å². The van der Waals surface area contributed by atoms with E-state index in [1.165, 1.54) is 23.5 Å². The quantitative estimate of drug-likeness (QED) is 0.592. The molecular formula is C15H8BrF2NS. The average Bonchev–Trinajstić information content (AvgIpc) is 2.87. The molecule has 0 radical (unpaired) electrons. The van der Waals surface area contributed by atoms with Gasteiger partial charge in [-0.2, -0.15) is 0 Å². The van der Waals surface area contributed by atoms with Crippen molar-refractivity contribution in [2.75, 3.05) is 0 Å². The molecule has 3 rings (SSSR count). The van der Waals surface area contributed by atoms with Gasteiger partial charge in [-0.25, -0.2) is 13.8 Å². The molecule has 3 aromatic rings. The Morgan fingerprint density at radius 1 is 0.950 bits per heavy atom.